The number of ether oxygens (including phenoxy) is 1. The number of rotatable bonds is 2. The van der Waals surface area contributed by atoms with Gasteiger partial charge < -0.3 is 10.5 Å². The summed E-state index contributed by atoms with van der Waals surface area (Å²) in [5.74, 6) is -0.0945. The van der Waals surface area contributed by atoms with Crippen molar-refractivity contribution in [3.8, 4) is 0 Å². The van der Waals surface area contributed by atoms with E-state index < -0.39 is 6.09 Å². The summed E-state index contributed by atoms with van der Waals surface area (Å²) in [6.45, 7) is 0.571. The highest BCUT2D eigenvalue weighted by molar-refractivity contribution is 5.89. The second-order valence-electron chi connectivity index (χ2n) is 2.99. The molecular formula is C8H14N2O3. The third-order valence-electron chi connectivity index (χ3n) is 2.23. The van der Waals surface area contributed by atoms with Crippen molar-refractivity contribution in [3.05, 3.63) is 0 Å². The van der Waals surface area contributed by atoms with Crippen LogP contribution in [0.5, 0.6) is 0 Å². The Morgan fingerprint density at radius 2 is 2.31 bits per heavy atom. The number of nitrogens with zero attached hydrogens (tertiary/aromatic N) is 1. The van der Waals surface area contributed by atoms with Crippen LogP contribution in [0.2, 0.25) is 0 Å². The van der Waals surface area contributed by atoms with Crippen molar-refractivity contribution in [2.24, 2.45) is 5.73 Å². The molecule has 0 bridgehead atoms. The second-order valence-corrected chi connectivity index (χ2v) is 2.99. The molecule has 0 saturated carbocycles. The quantitative estimate of drug-likeness (QED) is 0.645. The number of methoxy groups -OCH3 is 1. The molecule has 1 saturated heterocycles. The largest absolute Gasteiger partial charge is 0.453 e. The number of hydrogen-bond donors (Lipinski definition) is 1. The molecule has 2 N–H and O–H groups in total. The molecule has 13 heavy (non-hydrogen) atoms. The number of amides is 1. The molecule has 0 spiro atoms. The first-order chi connectivity index (χ1) is 6.20. The number of hydrogen-bond acceptors (Lipinski definition) is 4. The molecule has 1 amide bonds. The lowest BCUT2D eigenvalue weighted by Crippen LogP contribution is -2.42. The molecule has 1 fully saturated rings. The molecule has 1 atom stereocenters. The maximum Gasteiger partial charge on any atom is 0.410 e. The Bertz CT molecular complexity index is 195. The SMILES string of the molecule is COC(=O)N1CCCC1C(=O)CN. The summed E-state index contributed by atoms with van der Waals surface area (Å²) in [5.41, 5.74) is 5.23. The average molecular weight is 186 g/mol. The summed E-state index contributed by atoms with van der Waals surface area (Å²) in [4.78, 5) is 23.9. The summed E-state index contributed by atoms with van der Waals surface area (Å²) in [6, 6.07) is -0.363. The van der Waals surface area contributed by atoms with Crippen molar-refractivity contribution in [2.45, 2.75) is 18.9 Å². The molecule has 0 aromatic heterocycles. The summed E-state index contributed by atoms with van der Waals surface area (Å²) in [7, 11) is 1.31. The van der Waals surface area contributed by atoms with Crippen molar-refractivity contribution in [1.82, 2.24) is 4.90 Å². The molecule has 5 nitrogen and oxygen atoms in total. The molecule has 74 valence electrons. The fourth-order valence-corrected chi connectivity index (χ4v) is 1.57. The van der Waals surface area contributed by atoms with Crippen LogP contribution in [0.1, 0.15) is 12.8 Å². The van der Waals surface area contributed by atoms with Crippen LogP contribution in [0.25, 0.3) is 0 Å². The number of nitrogens with two attached hydrogens (primary N) is 1. The number of Topliss-reactive ketones (excluding diaryl/α,β-unsaturated/α-hetero) is 1. The first-order valence-electron chi connectivity index (χ1n) is 4.28. The van der Waals surface area contributed by atoms with Gasteiger partial charge in [-0.25, -0.2) is 4.79 Å². The number of carbonyl (C=O) groups excluding carboxylic acids is 2. The minimum absolute atomic E-state index is 0.0157. The minimum Gasteiger partial charge on any atom is -0.453 e. The predicted octanol–water partition coefficient (Wildman–Crippen LogP) is -0.255. The van der Waals surface area contributed by atoms with Gasteiger partial charge in [0.2, 0.25) is 0 Å². The number of likely N-dealkylation sites (tertiary alicyclic amines) is 1. The Kier molecular flexibility index (Phi) is 3.25. The lowest BCUT2D eigenvalue weighted by atomic mass is 10.1. The highest BCUT2D eigenvalue weighted by atomic mass is 16.5. The predicted molar refractivity (Wildman–Crippen MR) is 46.2 cm³/mol. The van der Waals surface area contributed by atoms with Gasteiger partial charge in [0.05, 0.1) is 19.7 Å². The van der Waals surface area contributed by atoms with Gasteiger partial charge in [0, 0.05) is 6.54 Å². The van der Waals surface area contributed by atoms with Crippen LogP contribution < -0.4 is 5.73 Å². The molecule has 0 aromatic rings. The van der Waals surface area contributed by atoms with E-state index in [0.717, 1.165) is 6.42 Å². The Labute approximate surface area is 76.8 Å². The monoisotopic (exact) mass is 186 g/mol. The van der Waals surface area contributed by atoms with E-state index in [-0.39, 0.29) is 18.4 Å². The molecular weight excluding hydrogens is 172 g/mol. The van der Waals surface area contributed by atoms with Gasteiger partial charge in [-0.05, 0) is 12.8 Å². The second kappa shape index (κ2) is 4.23. The zero-order valence-electron chi connectivity index (χ0n) is 7.66. The standard InChI is InChI=1S/C8H14N2O3/c1-13-8(12)10-4-2-3-6(10)7(11)5-9/h6H,2-5,9H2,1H3. The van der Waals surface area contributed by atoms with Crippen molar-refractivity contribution in [3.63, 3.8) is 0 Å². The van der Waals surface area contributed by atoms with Gasteiger partial charge in [-0.15, -0.1) is 0 Å². The van der Waals surface area contributed by atoms with Crippen LogP contribution in [-0.4, -0.2) is 43.0 Å². The summed E-state index contributed by atoms with van der Waals surface area (Å²) >= 11 is 0. The molecule has 1 unspecified atom stereocenters. The van der Waals surface area contributed by atoms with E-state index in [0.29, 0.717) is 13.0 Å². The van der Waals surface area contributed by atoms with Gasteiger partial charge >= 0.3 is 6.09 Å². The van der Waals surface area contributed by atoms with E-state index >= 15 is 0 Å². The third-order valence-corrected chi connectivity index (χ3v) is 2.23. The van der Waals surface area contributed by atoms with Crippen LogP contribution in [0.3, 0.4) is 0 Å². The van der Waals surface area contributed by atoms with E-state index in [1.807, 2.05) is 0 Å². The smallest absolute Gasteiger partial charge is 0.410 e. The fourth-order valence-electron chi connectivity index (χ4n) is 1.57. The van der Waals surface area contributed by atoms with Crippen LogP contribution in [0.4, 0.5) is 4.79 Å². The zero-order chi connectivity index (χ0) is 9.84. The zero-order valence-corrected chi connectivity index (χ0v) is 7.66. The Hall–Kier alpha value is -1.10. The highest BCUT2D eigenvalue weighted by Crippen LogP contribution is 2.18. The normalized spacial score (nSPS) is 21.7. The van der Waals surface area contributed by atoms with E-state index in [1.54, 1.807) is 0 Å². The Morgan fingerprint density at radius 3 is 2.85 bits per heavy atom. The molecule has 5 heteroatoms. The van der Waals surface area contributed by atoms with Gasteiger partial charge in [-0.2, -0.15) is 0 Å². The molecule has 1 aliphatic heterocycles. The van der Waals surface area contributed by atoms with Gasteiger partial charge in [-0.3, -0.25) is 9.69 Å². The Morgan fingerprint density at radius 1 is 1.62 bits per heavy atom. The first kappa shape index (κ1) is 9.98. The van der Waals surface area contributed by atoms with Crippen molar-refractivity contribution >= 4 is 11.9 Å². The van der Waals surface area contributed by atoms with E-state index in [1.165, 1.54) is 12.0 Å². The lowest BCUT2D eigenvalue weighted by Gasteiger charge is -2.21. The minimum atomic E-state index is -0.440. The van der Waals surface area contributed by atoms with Crippen LogP contribution in [0, 0.1) is 0 Å². The number of carbonyl (C=O) groups is 2. The van der Waals surface area contributed by atoms with Crippen LogP contribution in [0.15, 0.2) is 0 Å². The lowest BCUT2D eigenvalue weighted by molar-refractivity contribution is -0.121. The summed E-state index contributed by atoms with van der Waals surface area (Å²) in [5, 5.41) is 0. The molecule has 0 radical (unpaired) electrons. The number of ketones is 1. The van der Waals surface area contributed by atoms with Crippen LogP contribution >= 0.6 is 0 Å². The van der Waals surface area contributed by atoms with Crippen molar-refractivity contribution < 1.29 is 14.3 Å². The van der Waals surface area contributed by atoms with E-state index in [4.69, 9.17) is 5.73 Å². The molecule has 1 rings (SSSR count). The van der Waals surface area contributed by atoms with Gasteiger partial charge in [0.15, 0.2) is 5.78 Å². The van der Waals surface area contributed by atoms with Gasteiger partial charge in [-0.1, -0.05) is 0 Å². The maximum absolute atomic E-state index is 11.3. The molecule has 1 heterocycles. The molecule has 0 aliphatic carbocycles. The average Bonchev–Trinajstić information content (AvgIpc) is 2.63. The van der Waals surface area contributed by atoms with Crippen LogP contribution in [-0.2, 0) is 9.53 Å². The fraction of sp³-hybridized carbons (Fsp3) is 0.750. The topological polar surface area (TPSA) is 72.6 Å². The summed E-state index contributed by atoms with van der Waals surface area (Å²) < 4.78 is 4.55. The Balaban J connectivity index is 2.63. The first-order valence-corrected chi connectivity index (χ1v) is 4.28. The van der Waals surface area contributed by atoms with E-state index in [9.17, 15) is 9.59 Å². The van der Waals surface area contributed by atoms with E-state index in [2.05, 4.69) is 4.74 Å². The summed E-state index contributed by atoms with van der Waals surface area (Å²) in [6.07, 6.45) is 1.10. The van der Waals surface area contributed by atoms with Crippen molar-refractivity contribution in [1.29, 1.82) is 0 Å². The molecule has 0 aromatic carbocycles. The van der Waals surface area contributed by atoms with Gasteiger partial charge in [0.1, 0.15) is 0 Å². The van der Waals surface area contributed by atoms with Crippen molar-refractivity contribution in [2.75, 3.05) is 20.2 Å². The maximum atomic E-state index is 11.3. The highest BCUT2D eigenvalue weighted by Gasteiger charge is 2.33. The molecule has 1 aliphatic rings. The third kappa shape index (κ3) is 1.98. The van der Waals surface area contributed by atoms with Gasteiger partial charge in [0.25, 0.3) is 0 Å².